The molecule has 23 heavy (non-hydrogen) atoms. The maximum absolute atomic E-state index is 5.82. The van der Waals surface area contributed by atoms with Crippen molar-refractivity contribution < 1.29 is 62.9 Å². The van der Waals surface area contributed by atoms with Gasteiger partial charge in [-0.15, -0.1) is 0 Å². The van der Waals surface area contributed by atoms with Crippen molar-refractivity contribution in [3.63, 3.8) is 0 Å². The molecule has 124 valence electrons. The van der Waals surface area contributed by atoms with Crippen LogP contribution in [0.1, 0.15) is 0 Å². The zero-order valence-electron chi connectivity index (χ0n) is 12.3. The van der Waals surface area contributed by atoms with Crippen molar-refractivity contribution in [2.45, 2.75) is 9.79 Å². The largest absolute Gasteiger partial charge is 1.00 e. The number of hydrogen-bond donors (Lipinski definition) is 0. The first-order valence-corrected chi connectivity index (χ1v) is 9.52. The van der Waals surface area contributed by atoms with Gasteiger partial charge in [-0.25, -0.2) is 0 Å². The van der Waals surface area contributed by atoms with Crippen molar-refractivity contribution in [3.05, 3.63) is 48.5 Å². The van der Waals surface area contributed by atoms with Gasteiger partial charge in [0.05, 0.1) is 0 Å². The van der Waals surface area contributed by atoms with E-state index in [0.717, 1.165) is 21.3 Å². The average molecular weight is 473 g/mol. The van der Waals surface area contributed by atoms with Crippen LogP contribution in [0.4, 0.5) is 0 Å². The van der Waals surface area contributed by atoms with Gasteiger partial charge in [0.1, 0.15) is 0 Å². The predicted molar refractivity (Wildman–Crippen MR) is 79.9 cm³/mol. The van der Waals surface area contributed by atoms with Crippen LogP contribution in [0.5, 0.6) is 11.5 Å². The molecule has 9 heteroatoms. The van der Waals surface area contributed by atoms with E-state index in [4.69, 9.17) is 14.0 Å². The Kier molecular flexibility index (Phi) is 13.5. The standard InChI is InChI=1S/2C7H8O2S.2ClH.Zr/c2*1-9-10-7-5-3-2-4-6(7)8;;;/h2*2-5,8H,1H3;2*1H;/q;;;;+4/p-4. The van der Waals surface area contributed by atoms with E-state index in [2.05, 4.69) is 0 Å². The van der Waals surface area contributed by atoms with E-state index in [9.17, 15) is 0 Å². The van der Waals surface area contributed by atoms with Crippen molar-refractivity contribution in [1.82, 2.24) is 0 Å². The summed E-state index contributed by atoms with van der Waals surface area (Å²) in [6.07, 6.45) is 0. The SMILES string of the molecule is COSc1ccccc1[O][Zr+2][O]c1ccccc1SOC.[Cl-].[Cl-]. The van der Waals surface area contributed by atoms with Crippen molar-refractivity contribution in [1.29, 1.82) is 0 Å². The van der Waals surface area contributed by atoms with E-state index in [0.29, 0.717) is 0 Å². The van der Waals surface area contributed by atoms with E-state index < -0.39 is 24.1 Å². The normalized spacial score (nSPS) is 9.13. The summed E-state index contributed by atoms with van der Waals surface area (Å²) in [7, 11) is 3.27. The number of halogens is 2. The topological polar surface area (TPSA) is 36.9 Å². The molecular formula is C14H14Cl2O4S2Zr. The average Bonchev–Trinajstić information content (AvgIpc) is 2.51. The van der Waals surface area contributed by atoms with Gasteiger partial charge in [-0.3, -0.25) is 0 Å². The number of benzene rings is 2. The summed E-state index contributed by atoms with van der Waals surface area (Å²) >= 11 is 1.07. The van der Waals surface area contributed by atoms with Crippen LogP contribution in [0, 0.1) is 0 Å². The molecule has 0 bridgehead atoms. The van der Waals surface area contributed by atoms with Gasteiger partial charge in [-0.05, 0) is 0 Å². The fraction of sp³-hybridized carbons (Fsp3) is 0.143. The molecule has 0 spiro atoms. The molecule has 0 aliphatic heterocycles. The number of hydrogen-bond acceptors (Lipinski definition) is 6. The maximum Gasteiger partial charge on any atom is -1.00 e. The van der Waals surface area contributed by atoms with E-state index in [1.165, 1.54) is 24.1 Å². The van der Waals surface area contributed by atoms with Crippen molar-refractivity contribution in [2.24, 2.45) is 0 Å². The first-order valence-electron chi connectivity index (χ1n) is 6.03. The van der Waals surface area contributed by atoms with Crippen LogP contribution in [0.15, 0.2) is 58.3 Å². The molecule has 4 nitrogen and oxygen atoms in total. The molecule has 2 aromatic carbocycles. The Hall–Kier alpha value is 0.123. The molecule has 2 aromatic rings. The fourth-order valence-corrected chi connectivity index (χ4v) is 4.29. The van der Waals surface area contributed by atoms with E-state index in [-0.39, 0.29) is 24.8 Å². The fourth-order valence-electron chi connectivity index (χ4n) is 1.50. The zero-order chi connectivity index (χ0) is 14.9. The van der Waals surface area contributed by atoms with Crippen molar-refractivity contribution in [2.75, 3.05) is 14.2 Å². The molecule has 0 saturated carbocycles. The molecule has 0 aliphatic rings. The van der Waals surface area contributed by atoms with Gasteiger partial charge >= 0.3 is 146 Å². The van der Waals surface area contributed by atoms with Gasteiger partial charge in [-0.2, -0.15) is 0 Å². The second kappa shape index (κ2) is 13.4. The van der Waals surface area contributed by atoms with Crippen LogP contribution < -0.4 is 30.4 Å². The molecule has 2 rings (SSSR count). The number of para-hydroxylation sites is 2. The monoisotopic (exact) mass is 470 g/mol. The van der Waals surface area contributed by atoms with Crippen LogP contribution in [0.3, 0.4) is 0 Å². The Morgan fingerprint density at radius 1 is 0.696 bits per heavy atom. The van der Waals surface area contributed by atoms with Crippen LogP contribution in [0.25, 0.3) is 0 Å². The minimum Gasteiger partial charge on any atom is -1.00 e. The van der Waals surface area contributed by atoms with Crippen LogP contribution >= 0.6 is 24.1 Å². The summed E-state index contributed by atoms with van der Waals surface area (Å²) in [5.41, 5.74) is 0. The molecule has 0 N–H and O–H groups in total. The third kappa shape index (κ3) is 7.69. The summed E-state index contributed by atoms with van der Waals surface area (Å²) < 4.78 is 21.8. The Morgan fingerprint density at radius 2 is 1.09 bits per heavy atom. The minimum absolute atomic E-state index is 0. The van der Waals surface area contributed by atoms with E-state index in [1.807, 2.05) is 48.5 Å². The molecular weight excluding hydrogens is 458 g/mol. The maximum atomic E-state index is 5.82. The molecule has 0 fully saturated rings. The quantitative estimate of drug-likeness (QED) is 0.430. The minimum atomic E-state index is -1.49. The second-order valence-electron chi connectivity index (χ2n) is 3.68. The Labute approximate surface area is 170 Å². The zero-order valence-corrected chi connectivity index (χ0v) is 17.9. The Morgan fingerprint density at radius 3 is 1.48 bits per heavy atom. The third-order valence-electron chi connectivity index (χ3n) is 2.35. The van der Waals surface area contributed by atoms with Gasteiger partial charge in [-0.1, -0.05) is 0 Å². The summed E-state index contributed by atoms with van der Waals surface area (Å²) in [6.45, 7) is 0. The van der Waals surface area contributed by atoms with Crippen LogP contribution in [-0.2, 0) is 32.5 Å². The predicted octanol–water partition coefficient (Wildman–Crippen LogP) is -1.63. The van der Waals surface area contributed by atoms with E-state index >= 15 is 0 Å². The van der Waals surface area contributed by atoms with Crippen molar-refractivity contribution in [3.8, 4) is 11.5 Å². The Bertz CT molecular complexity index is 528. The van der Waals surface area contributed by atoms with Crippen LogP contribution in [-0.4, -0.2) is 14.2 Å². The molecule has 0 aromatic heterocycles. The van der Waals surface area contributed by atoms with Gasteiger partial charge in [0.2, 0.25) is 0 Å². The molecule has 0 heterocycles. The van der Waals surface area contributed by atoms with E-state index in [1.54, 1.807) is 14.2 Å². The molecule has 0 saturated heterocycles. The summed E-state index contributed by atoms with van der Waals surface area (Å²) in [5, 5.41) is 0. The molecule has 0 amide bonds. The molecule has 0 radical (unpaired) electrons. The third-order valence-corrected chi connectivity index (χ3v) is 5.21. The molecule has 0 aliphatic carbocycles. The first kappa shape index (κ1) is 23.1. The summed E-state index contributed by atoms with van der Waals surface area (Å²) in [6, 6.07) is 15.5. The second-order valence-corrected chi connectivity index (χ2v) is 6.97. The van der Waals surface area contributed by atoms with Gasteiger partial charge in [0.15, 0.2) is 0 Å². The molecule has 0 unspecified atom stereocenters. The summed E-state index contributed by atoms with van der Waals surface area (Å²) in [5.74, 6) is 1.60. The van der Waals surface area contributed by atoms with Crippen LogP contribution in [0.2, 0.25) is 0 Å². The van der Waals surface area contributed by atoms with Gasteiger partial charge in [0, 0.05) is 0 Å². The van der Waals surface area contributed by atoms with Gasteiger partial charge < -0.3 is 24.8 Å². The van der Waals surface area contributed by atoms with Crippen molar-refractivity contribution >= 4 is 24.1 Å². The number of rotatable bonds is 8. The Balaban J connectivity index is 0.00000242. The van der Waals surface area contributed by atoms with Gasteiger partial charge in [0.25, 0.3) is 0 Å². The first-order chi connectivity index (χ1) is 10.3. The smallest absolute Gasteiger partial charge is 1.00 e. The molecule has 0 atom stereocenters. The summed E-state index contributed by atoms with van der Waals surface area (Å²) in [4.78, 5) is 1.90.